The molecule has 21 heavy (non-hydrogen) atoms. The average molecular weight is 282 g/mol. The molecular formula is C15H14N4O2. The number of nitrogen functional groups attached to an aromatic ring is 1. The SMILES string of the molecule is CCOc1ccccc1-c1noc(-c2cccc(N)n2)n1. The second-order valence-corrected chi connectivity index (χ2v) is 4.30. The fourth-order valence-corrected chi connectivity index (χ4v) is 1.94. The zero-order chi connectivity index (χ0) is 14.7. The summed E-state index contributed by atoms with van der Waals surface area (Å²) in [5, 5.41) is 3.99. The van der Waals surface area contributed by atoms with Crippen molar-refractivity contribution >= 4 is 5.82 Å². The standard InChI is InChI=1S/C15H14N4O2/c1-2-20-12-8-4-3-6-10(12)14-18-15(21-19-14)11-7-5-9-13(16)17-11/h3-9H,2H2,1H3,(H2,16,17). The summed E-state index contributed by atoms with van der Waals surface area (Å²) in [5.41, 5.74) is 6.98. The molecule has 0 radical (unpaired) electrons. The first kappa shape index (κ1) is 13.1. The highest BCUT2D eigenvalue weighted by Gasteiger charge is 2.15. The van der Waals surface area contributed by atoms with E-state index in [0.717, 1.165) is 5.56 Å². The van der Waals surface area contributed by atoms with E-state index >= 15 is 0 Å². The molecule has 0 amide bonds. The molecule has 1 aromatic carbocycles. The summed E-state index contributed by atoms with van der Waals surface area (Å²) in [6, 6.07) is 12.8. The zero-order valence-corrected chi connectivity index (χ0v) is 11.5. The summed E-state index contributed by atoms with van der Waals surface area (Å²) >= 11 is 0. The lowest BCUT2D eigenvalue weighted by atomic mass is 10.2. The molecule has 0 unspecified atom stereocenters. The van der Waals surface area contributed by atoms with E-state index in [-0.39, 0.29) is 0 Å². The third kappa shape index (κ3) is 2.69. The first-order valence-electron chi connectivity index (χ1n) is 6.56. The lowest BCUT2D eigenvalue weighted by Crippen LogP contribution is -1.94. The quantitative estimate of drug-likeness (QED) is 0.791. The molecule has 2 aromatic heterocycles. The van der Waals surface area contributed by atoms with Crippen LogP contribution in [0.25, 0.3) is 23.0 Å². The van der Waals surface area contributed by atoms with Gasteiger partial charge in [-0.3, -0.25) is 0 Å². The van der Waals surface area contributed by atoms with Crippen molar-refractivity contribution in [3.05, 3.63) is 42.5 Å². The van der Waals surface area contributed by atoms with Gasteiger partial charge in [0.2, 0.25) is 5.82 Å². The lowest BCUT2D eigenvalue weighted by Gasteiger charge is -2.05. The highest BCUT2D eigenvalue weighted by atomic mass is 16.5. The molecule has 6 heteroatoms. The third-order valence-corrected chi connectivity index (χ3v) is 2.84. The van der Waals surface area contributed by atoms with E-state index in [2.05, 4.69) is 15.1 Å². The van der Waals surface area contributed by atoms with E-state index in [1.165, 1.54) is 0 Å². The molecule has 2 heterocycles. The van der Waals surface area contributed by atoms with Crippen LogP contribution >= 0.6 is 0 Å². The average Bonchev–Trinajstić information content (AvgIpc) is 2.98. The van der Waals surface area contributed by atoms with Crippen LogP contribution in [0.2, 0.25) is 0 Å². The zero-order valence-electron chi connectivity index (χ0n) is 11.5. The fourth-order valence-electron chi connectivity index (χ4n) is 1.94. The maximum absolute atomic E-state index is 5.66. The van der Waals surface area contributed by atoms with Gasteiger partial charge in [0, 0.05) is 0 Å². The van der Waals surface area contributed by atoms with Crippen LogP contribution in [0, 0.1) is 0 Å². The highest BCUT2D eigenvalue weighted by molar-refractivity contribution is 5.65. The number of benzene rings is 1. The van der Waals surface area contributed by atoms with E-state index in [1.807, 2.05) is 31.2 Å². The number of anilines is 1. The Balaban J connectivity index is 1.99. The largest absolute Gasteiger partial charge is 0.493 e. The summed E-state index contributed by atoms with van der Waals surface area (Å²) in [4.78, 5) is 8.52. The predicted molar refractivity (Wildman–Crippen MR) is 78.5 cm³/mol. The summed E-state index contributed by atoms with van der Waals surface area (Å²) in [7, 11) is 0. The summed E-state index contributed by atoms with van der Waals surface area (Å²) < 4.78 is 10.8. The van der Waals surface area contributed by atoms with Gasteiger partial charge in [-0.2, -0.15) is 4.98 Å². The molecule has 0 spiro atoms. The van der Waals surface area contributed by atoms with Crippen molar-refractivity contribution < 1.29 is 9.26 Å². The number of ether oxygens (including phenoxy) is 1. The molecule has 0 bridgehead atoms. The van der Waals surface area contributed by atoms with Crippen molar-refractivity contribution in [2.75, 3.05) is 12.3 Å². The van der Waals surface area contributed by atoms with Gasteiger partial charge in [0.15, 0.2) is 0 Å². The number of hydrogen-bond donors (Lipinski definition) is 1. The van der Waals surface area contributed by atoms with E-state index in [0.29, 0.717) is 35.6 Å². The van der Waals surface area contributed by atoms with Crippen LogP contribution in [-0.4, -0.2) is 21.7 Å². The topological polar surface area (TPSA) is 87.1 Å². The minimum absolute atomic E-state index is 0.323. The fraction of sp³-hybridized carbons (Fsp3) is 0.133. The maximum Gasteiger partial charge on any atom is 0.276 e. The number of hydrogen-bond acceptors (Lipinski definition) is 6. The number of aromatic nitrogens is 3. The van der Waals surface area contributed by atoms with Crippen molar-refractivity contribution in [3.8, 4) is 28.7 Å². The molecule has 0 aliphatic heterocycles. The molecular weight excluding hydrogens is 268 g/mol. The van der Waals surface area contributed by atoms with Crippen molar-refractivity contribution in [2.24, 2.45) is 0 Å². The van der Waals surface area contributed by atoms with Crippen molar-refractivity contribution in [1.82, 2.24) is 15.1 Å². The van der Waals surface area contributed by atoms with Gasteiger partial charge in [0.05, 0.1) is 12.2 Å². The first-order chi connectivity index (χ1) is 10.3. The van der Waals surface area contributed by atoms with Crippen LogP contribution in [-0.2, 0) is 0 Å². The first-order valence-corrected chi connectivity index (χ1v) is 6.56. The van der Waals surface area contributed by atoms with E-state index in [1.54, 1.807) is 18.2 Å². The molecule has 0 fully saturated rings. The Morgan fingerprint density at radius 3 is 2.76 bits per heavy atom. The van der Waals surface area contributed by atoms with Crippen molar-refractivity contribution in [2.45, 2.75) is 6.92 Å². The van der Waals surface area contributed by atoms with Crippen LogP contribution in [0.1, 0.15) is 6.92 Å². The monoisotopic (exact) mass is 282 g/mol. The number of rotatable bonds is 4. The number of nitrogens with zero attached hydrogens (tertiary/aromatic N) is 3. The summed E-state index contributed by atoms with van der Waals surface area (Å²) in [6.45, 7) is 2.49. The Morgan fingerprint density at radius 1 is 1.10 bits per heavy atom. The highest BCUT2D eigenvalue weighted by Crippen LogP contribution is 2.29. The molecule has 3 aromatic rings. The van der Waals surface area contributed by atoms with E-state index in [9.17, 15) is 0 Å². The van der Waals surface area contributed by atoms with Crippen LogP contribution in [0.3, 0.4) is 0 Å². The van der Waals surface area contributed by atoms with Crippen molar-refractivity contribution in [3.63, 3.8) is 0 Å². The van der Waals surface area contributed by atoms with E-state index in [4.69, 9.17) is 15.0 Å². The van der Waals surface area contributed by atoms with E-state index < -0.39 is 0 Å². The van der Waals surface area contributed by atoms with Crippen LogP contribution in [0.4, 0.5) is 5.82 Å². The Labute approximate surface area is 121 Å². The lowest BCUT2D eigenvalue weighted by molar-refractivity contribution is 0.341. The maximum atomic E-state index is 5.66. The molecule has 0 atom stereocenters. The van der Waals surface area contributed by atoms with Crippen LogP contribution in [0.5, 0.6) is 5.75 Å². The molecule has 106 valence electrons. The summed E-state index contributed by atoms with van der Waals surface area (Å²) in [5.74, 6) is 1.90. The molecule has 3 rings (SSSR count). The van der Waals surface area contributed by atoms with Gasteiger partial charge in [0.25, 0.3) is 5.89 Å². The van der Waals surface area contributed by atoms with Crippen LogP contribution < -0.4 is 10.5 Å². The van der Waals surface area contributed by atoms with Crippen molar-refractivity contribution in [1.29, 1.82) is 0 Å². The van der Waals surface area contributed by atoms with Crippen LogP contribution in [0.15, 0.2) is 47.0 Å². The third-order valence-electron chi connectivity index (χ3n) is 2.84. The summed E-state index contributed by atoms with van der Waals surface area (Å²) in [6.07, 6.45) is 0. The molecule has 0 saturated carbocycles. The molecule has 0 aliphatic rings. The number of para-hydroxylation sites is 1. The van der Waals surface area contributed by atoms with Gasteiger partial charge in [-0.1, -0.05) is 23.4 Å². The second kappa shape index (κ2) is 5.62. The Kier molecular flexibility index (Phi) is 3.51. The molecule has 0 aliphatic carbocycles. The van der Waals surface area contributed by atoms with Gasteiger partial charge in [0.1, 0.15) is 17.3 Å². The molecule has 0 saturated heterocycles. The molecule has 2 N–H and O–H groups in total. The normalized spacial score (nSPS) is 10.5. The predicted octanol–water partition coefficient (Wildman–Crippen LogP) is 2.78. The molecule has 6 nitrogen and oxygen atoms in total. The van der Waals surface area contributed by atoms with Gasteiger partial charge in [-0.05, 0) is 31.2 Å². The number of nitrogens with two attached hydrogens (primary N) is 1. The Hall–Kier alpha value is -2.89. The minimum atomic E-state index is 0.323. The Morgan fingerprint density at radius 2 is 1.95 bits per heavy atom. The van der Waals surface area contributed by atoms with Gasteiger partial charge in [-0.25, -0.2) is 4.98 Å². The Bertz CT molecular complexity index is 755. The van der Waals surface area contributed by atoms with Gasteiger partial charge in [-0.15, -0.1) is 0 Å². The number of pyridine rings is 1. The van der Waals surface area contributed by atoms with Gasteiger partial charge < -0.3 is 15.0 Å². The second-order valence-electron chi connectivity index (χ2n) is 4.30. The van der Waals surface area contributed by atoms with Gasteiger partial charge >= 0.3 is 0 Å². The minimum Gasteiger partial charge on any atom is -0.493 e. The smallest absolute Gasteiger partial charge is 0.276 e.